The average Bonchev–Trinajstić information content (AvgIpc) is 3.02. The summed E-state index contributed by atoms with van der Waals surface area (Å²) in [4.78, 5) is 4.64. The molecule has 0 aromatic rings. The lowest BCUT2D eigenvalue weighted by atomic mass is 9.60. The summed E-state index contributed by atoms with van der Waals surface area (Å²) < 4.78 is 31.6. The quantitative estimate of drug-likeness (QED) is 0.434. The van der Waals surface area contributed by atoms with Crippen LogP contribution in [0, 0.1) is 5.41 Å². The highest BCUT2D eigenvalue weighted by atomic mass is 32.2. The first-order valence-electron chi connectivity index (χ1n) is 9.77. The molecule has 2 aliphatic rings. The van der Waals surface area contributed by atoms with Gasteiger partial charge in [0.15, 0.2) is 5.96 Å². The molecule has 2 rings (SSSR count). The van der Waals surface area contributed by atoms with Crippen molar-refractivity contribution in [3.8, 4) is 0 Å². The fourth-order valence-corrected chi connectivity index (χ4v) is 5.45. The van der Waals surface area contributed by atoms with Crippen LogP contribution in [0.3, 0.4) is 0 Å². The van der Waals surface area contributed by atoms with Crippen molar-refractivity contribution < 1.29 is 13.2 Å². The van der Waals surface area contributed by atoms with Crippen LogP contribution in [0.5, 0.6) is 0 Å². The molecule has 2 aliphatic carbocycles. The minimum Gasteiger partial charge on any atom is -0.378 e. The summed E-state index contributed by atoms with van der Waals surface area (Å²) in [5, 5.41) is 6.88. The van der Waals surface area contributed by atoms with Crippen molar-refractivity contribution in [1.29, 1.82) is 0 Å². The van der Waals surface area contributed by atoms with Gasteiger partial charge in [0.25, 0.3) is 0 Å². The average molecular weight is 389 g/mol. The molecule has 2 unspecified atom stereocenters. The van der Waals surface area contributed by atoms with E-state index in [1.807, 2.05) is 20.8 Å². The molecule has 0 aliphatic heterocycles. The monoisotopic (exact) mass is 388 g/mol. The van der Waals surface area contributed by atoms with Crippen molar-refractivity contribution in [2.75, 3.05) is 26.0 Å². The van der Waals surface area contributed by atoms with E-state index >= 15 is 0 Å². The Morgan fingerprint density at radius 2 is 1.92 bits per heavy atom. The first-order chi connectivity index (χ1) is 12.1. The Labute approximate surface area is 158 Å². The first-order valence-corrected chi connectivity index (χ1v) is 11.7. The molecule has 152 valence electrons. The molecule has 0 bridgehead atoms. The number of nitrogens with one attached hydrogen (secondary N) is 3. The highest BCUT2D eigenvalue weighted by Gasteiger charge is 2.56. The minimum atomic E-state index is -3.27. The maximum atomic E-state index is 11.5. The molecule has 7 nitrogen and oxygen atoms in total. The van der Waals surface area contributed by atoms with Gasteiger partial charge in [0.05, 0.1) is 18.9 Å². The van der Waals surface area contributed by atoms with Crippen molar-refractivity contribution in [2.24, 2.45) is 10.4 Å². The maximum absolute atomic E-state index is 11.5. The van der Waals surface area contributed by atoms with Crippen LogP contribution in [0.2, 0.25) is 0 Å². The molecule has 8 heteroatoms. The molecular weight excluding hydrogens is 352 g/mol. The molecule has 0 amide bonds. The number of guanidine groups is 1. The van der Waals surface area contributed by atoms with E-state index < -0.39 is 15.6 Å². The molecule has 0 saturated heterocycles. The van der Waals surface area contributed by atoms with Gasteiger partial charge < -0.3 is 15.4 Å². The van der Waals surface area contributed by atoms with E-state index in [9.17, 15) is 8.42 Å². The molecule has 2 saturated carbocycles. The van der Waals surface area contributed by atoms with Gasteiger partial charge in [0, 0.05) is 30.1 Å². The highest BCUT2D eigenvalue weighted by molar-refractivity contribution is 7.88. The Balaban J connectivity index is 2.03. The summed E-state index contributed by atoms with van der Waals surface area (Å²) in [6.07, 6.45) is 7.46. The van der Waals surface area contributed by atoms with Crippen LogP contribution in [0.15, 0.2) is 4.99 Å². The third kappa shape index (κ3) is 5.33. The molecule has 3 N–H and O–H groups in total. The van der Waals surface area contributed by atoms with Gasteiger partial charge in [-0.25, -0.2) is 13.1 Å². The predicted octanol–water partition coefficient (Wildman–Crippen LogP) is 1.61. The van der Waals surface area contributed by atoms with Crippen LogP contribution in [0.4, 0.5) is 0 Å². The van der Waals surface area contributed by atoms with Gasteiger partial charge in [-0.1, -0.05) is 12.8 Å². The van der Waals surface area contributed by atoms with Crippen molar-refractivity contribution in [3.63, 3.8) is 0 Å². The SMILES string of the molecule is CCNC(=NCC(C)(C)NS(C)(=O)=O)NC1CC(OCC)C12CCCC2. The Morgan fingerprint density at radius 1 is 1.27 bits per heavy atom. The lowest BCUT2D eigenvalue weighted by Crippen LogP contribution is -2.65. The van der Waals surface area contributed by atoms with Crippen LogP contribution in [-0.2, 0) is 14.8 Å². The van der Waals surface area contributed by atoms with Crippen molar-refractivity contribution in [2.45, 2.75) is 77.5 Å². The summed E-state index contributed by atoms with van der Waals surface area (Å²) in [6, 6.07) is 0.366. The molecule has 0 heterocycles. The summed E-state index contributed by atoms with van der Waals surface area (Å²) in [6.45, 7) is 9.67. The van der Waals surface area contributed by atoms with E-state index in [0.29, 0.717) is 18.7 Å². The first kappa shape index (κ1) is 21.4. The number of rotatable bonds is 8. The third-order valence-corrected chi connectivity index (χ3v) is 6.36. The molecule has 0 radical (unpaired) electrons. The standard InChI is InChI=1S/C18H36N4O3S/c1-6-19-16(20-13-17(3,4)22-26(5,23)24)21-14-12-15(25-7-2)18(14)10-8-9-11-18/h14-15,22H,6-13H2,1-5H3,(H2,19,20,21). The van der Waals surface area contributed by atoms with Crippen molar-refractivity contribution in [3.05, 3.63) is 0 Å². The molecular formula is C18H36N4O3S. The molecule has 0 aromatic heterocycles. The fourth-order valence-electron chi connectivity index (χ4n) is 4.38. The Bertz CT molecular complexity index is 598. The molecule has 0 aromatic carbocycles. The van der Waals surface area contributed by atoms with E-state index in [1.165, 1.54) is 31.9 Å². The van der Waals surface area contributed by atoms with E-state index in [4.69, 9.17) is 4.74 Å². The fraction of sp³-hybridized carbons (Fsp3) is 0.944. The lowest BCUT2D eigenvalue weighted by molar-refractivity contribution is -0.125. The molecule has 1 spiro atoms. The van der Waals surface area contributed by atoms with E-state index in [-0.39, 0.29) is 5.41 Å². The summed E-state index contributed by atoms with van der Waals surface area (Å²) >= 11 is 0. The molecule has 2 fully saturated rings. The number of nitrogens with zero attached hydrogens (tertiary/aromatic N) is 1. The third-order valence-electron chi connectivity index (χ3n) is 5.44. The summed E-state index contributed by atoms with van der Waals surface area (Å²) in [5.74, 6) is 0.752. The van der Waals surface area contributed by atoms with Crippen LogP contribution >= 0.6 is 0 Å². The van der Waals surface area contributed by atoms with E-state index in [0.717, 1.165) is 25.5 Å². The smallest absolute Gasteiger partial charge is 0.209 e. The van der Waals surface area contributed by atoms with E-state index in [1.54, 1.807) is 0 Å². The van der Waals surface area contributed by atoms with Gasteiger partial charge in [0.2, 0.25) is 10.0 Å². The number of aliphatic imine (C=N–C) groups is 1. The summed E-state index contributed by atoms with van der Waals surface area (Å²) in [5.41, 5.74) is -0.402. The Hall–Kier alpha value is -0.860. The van der Waals surface area contributed by atoms with Crippen LogP contribution < -0.4 is 15.4 Å². The Kier molecular flexibility index (Phi) is 6.96. The second-order valence-electron chi connectivity index (χ2n) is 8.27. The number of sulfonamides is 1. The maximum Gasteiger partial charge on any atom is 0.209 e. The predicted molar refractivity (Wildman–Crippen MR) is 106 cm³/mol. The molecule has 26 heavy (non-hydrogen) atoms. The van der Waals surface area contributed by atoms with Crippen LogP contribution in [0.25, 0.3) is 0 Å². The zero-order valence-corrected chi connectivity index (χ0v) is 17.7. The second-order valence-corrected chi connectivity index (χ2v) is 10.0. The van der Waals surface area contributed by atoms with Crippen LogP contribution in [0.1, 0.15) is 59.8 Å². The zero-order chi connectivity index (χ0) is 19.4. The highest BCUT2D eigenvalue weighted by Crippen LogP contribution is 2.54. The van der Waals surface area contributed by atoms with Gasteiger partial charge in [-0.15, -0.1) is 0 Å². The number of hydrogen-bond donors (Lipinski definition) is 3. The summed E-state index contributed by atoms with van der Waals surface area (Å²) in [7, 11) is -3.27. The second kappa shape index (κ2) is 8.44. The van der Waals surface area contributed by atoms with Gasteiger partial charge in [-0.05, 0) is 47.0 Å². The normalized spacial score (nSPS) is 26.0. The van der Waals surface area contributed by atoms with Gasteiger partial charge in [-0.3, -0.25) is 4.99 Å². The lowest BCUT2D eigenvalue weighted by Gasteiger charge is -2.54. The molecule has 2 atom stereocenters. The topological polar surface area (TPSA) is 91.8 Å². The van der Waals surface area contributed by atoms with Gasteiger partial charge in [-0.2, -0.15) is 0 Å². The largest absolute Gasteiger partial charge is 0.378 e. The van der Waals surface area contributed by atoms with E-state index in [2.05, 4.69) is 27.3 Å². The van der Waals surface area contributed by atoms with Crippen LogP contribution in [-0.4, -0.2) is 58.0 Å². The zero-order valence-electron chi connectivity index (χ0n) is 16.9. The minimum absolute atomic E-state index is 0.229. The van der Waals surface area contributed by atoms with Gasteiger partial charge >= 0.3 is 0 Å². The Morgan fingerprint density at radius 3 is 2.46 bits per heavy atom. The van der Waals surface area contributed by atoms with Crippen molar-refractivity contribution >= 4 is 16.0 Å². The number of ether oxygens (including phenoxy) is 1. The van der Waals surface area contributed by atoms with Crippen molar-refractivity contribution in [1.82, 2.24) is 15.4 Å². The number of hydrogen-bond acceptors (Lipinski definition) is 4. The van der Waals surface area contributed by atoms with Gasteiger partial charge in [0.1, 0.15) is 0 Å².